The molecule has 0 saturated carbocycles. The van der Waals surface area contributed by atoms with Crippen molar-refractivity contribution in [1.29, 1.82) is 0 Å². The van der Waals surface area contributed by atoms with E-state index in [1.54, 1.807) is 16.5 Å². The lowest BCUT2D eigenvalue weighted by atomic mass is 10.2. The number of thioether (sulfide) groups is 1. The summed E-state index contributed by atoms with van der Waals surface area (Å²) in [5.41, 5.74) is 1.76. The first kappa shape index (κ1) is 17.7. The Hall–Kier alpha value is -2.12. The molecule has 0 spiro atoms. The summed E-state index contributed by atoms with van der Waals surface area (Å²) in [7, 11) is 1.79. The van der Waals surface area contributed by atoms with Gasteiger partial charge in [0.25, 0.3) is 5.56 Å². The van der Waals surface area contributed by atoms with E-state index in [2.05, 4.69) is 4.98 Å². The van der Waals surface area contributed by atoms with E-state index in [0.717, 1.165) is 5.56 Å². The van der Waals surface area contributed by atoms with E-state index in [-0.39, 0.29) is 17.2 Å². The molecule has 5 nitrogen and oxygen atoms in total. The van der Waals surface area contributed by atoms with E-state index in [4.69, 9.17) is 0 Å². The van der Waals surface area contributed by atoms with Gasteiger partial charge in [0.05, 0.1) is 11.3 Å². The Bertz CT molecular complexity index is 934. The molecule has 1 aromatic carbocycles. The van der Waals surface area contributed by atoms with E-state index in [1.165, 1.54) is 23.1 Å². The highest BCUT2D eigenvalue weighted by atomic mass is 32.2. The van der Waals surface area contributed by atoms with Crippen molar-refractivity contribution >= 4 is 39.2 Å². The average molecular weight is 374 g/mol. The van der Waals surface area contributed by atoms with Crippen LogP contribution in [0.3, 0.4) is 0 Å². The number of thiophene rings is 1. The fourth-order valence-electron chi connectivity index (χ4n) is 2.49. The highest BCUT2D eigenvalue weighted by molar-refractivity contribution is 7.99. The minimum absolute atomic E-state index is 0.0103. The average Bonchev–Trinajstić information content (AvgIpc) is 3.09. The lowest BCUT2D eigenvalue weighted by Crippen LogP contribution is -2.28. The predicted molar refractivity (Wildman–Crippen MR) is 103 cm³/mol. The molecule has 0 unspecified atom stereocenters. The number of hydrogen-bond acceptors (Lipinski definition) is 5. The number of hydrogen-bond donors (Lipinski definition) is 0. The number of nitrogens with zero attached hydrogens (tertiary/aromatic N) is 3. The van der Waals surface area contributed by atoms with E-state index >= 15 is 0 Å². The maximum absolute atomic E-state index is 12.5. The van der Waals surface area contributed by atoms with Gasteiger partial charge >= 0.3 is 0 Å². The SMILES string of the molecule is CCn1c(SCC(=O)N(C)Cc2ccccc2)nc2ccsc2c1=O. The van der Waals surface area contributed by atoms with Gasteiger partial charge in [0.2, 0.25) is 5.91 Å². The Morgan fingerprint density at radius 3 is 2.76 bits per heavy atom. The zero-order valence-electron chi connectivity index (χ0n) is 14.1. The topological polar surface area (TPSA) is 55.2 Å². The third-order valence-electron chi connectivity index (χ3n) is 3.86. The van der Waals surface area contributed by atoms with Gasteiger partial charge in [0.15, 0.2) is 5.16 Å². The van der Waals surface area contributed by atoms with Crippen molar-refractivity contribution in [2.45, 2.75) is 25.2 Å². The normalized spacial score (nSPS) is 11.0. The van der Waals surface area contributed by atoms with Gasteiger partial charge in [-0.05, 0) is 23.9 Å². The summed E-state index contributed by atoms with van der Waals surface area (Å²) in [6, 6.07) is 11.7. The van der Waals surface area contributed by atoms with Crippen LogP contribution in [-0.4, -0.2) is 33.2 Å². The first-order valence-corrected chi connectivity index (χ1v) is 9.85. The molecule has 0 bridgehead atoms. The second kappa shape index (κ2) is 7.84. The van der Waals surface area contributed by atoms with Crippen LogP contribution < -0.4 is 5.56 Å². The van der Waals surface area contributed by atoms with Crippen LogP contribution in [0.5, 0.6) is 0 Å². The fourth-order valence-corrected chi connectivity index (χ4v) is 4.28. The molecule has 0 aliphatic heterocycles. The molecule has 3 rings (SSSR count). The molecule has 25 heavy (non-hydrogen) atoms. The maximum atomic E-state index is 12.5. The molecule has 3 aromatic rings. The number of carbonyl (C=O) groups is 1. The van der Waals surface area contributed by atoms with Gasteiger partial charge in [-0.25, -0.2) is 4.98 Å². The van der Waals surface area contributed by atoms with Crippen LogP contribution >= 0.6 is 23.1 Å². The standard InChI is InChI=1S/C18H19N3O2S2/c1-3-21-17(23)16-14(9-10-24-16)19-18(21)25-12-15(22)20(2)11-13-7-5-4-6-8-13/h4-10H,3,11-12H2,1-2H3. The van der Waals surface area contributed by atoms with Crippen LogP contribution in [0.25, 0.3) is 10.2 Å². The van der Waals surface area contributed by atoms with Gasteiger partial charge in [-0.15, -0.1) is 11.3 Å². The number of carbonyl (C=O) groups excluding carboxylic acids is 1. The van der Waals surface area contributed by atoms with Crippen LogP contribution in [0, 0.1) is 0 Å². The molecule has 0 radical (unpaired) electrons. The molecule has 130 valence electrons. The molecule has 2 aromatic heterocycles. The number of fused-ring (bicyclic) bond motifs is 1. The van der Waals surface area contributed by atoms with E-state index < -0.39 is 0 Å². The third kappa shape index (κ3) is 3.93. The van der Waals surface area contributed by atoms with Crippen molar-refractivity contribution in [1.82, 2.24) is 14.5 Å². The number of amides is 1. The summed E-state index contributed by atoms with van der Waals surface area (Å²) < 4.78 is 2.30. The van der Waals surface area contributed by atoms with E-state index in [1.807, 2.05) is 48.7 Å². The largest absolute Gasteiger partial charge is 0.341 e. The van der Waals surface area contributed by atoms with Crippen LogP contribution in [-0.2, 0) is 17.9 Å². The molecular weight excluding hydrogens is 354 g/mol. The number of aromatic nitrogens is 2. The Morgan fingerprint density at radius 1 is 1.28 bits per heavy atom. The van der Waals surface area contributed by atoms with Crippen LogP contribution in [0.15, 0.2) is 51.7 Å². The Morgan fingerprint density at radius 2 is 2.04 bits per heavy atom. The minimum Gasteiger partial charge on any atom is -0.341 e. The molecule has 1 amide bonds. The van der Waals surface area contributed by atoms with Crippen molar-refractivity contribution in [2.24, 2.45) is 0 Å². The lowest BCUT2D eigenvalue weighted by molar-refractivity contribution is -0.127. The minimum atomic E-state index is -0.0323. The first-order valence-electron chi connectivity index (χ1n) is 7.99. The second-order valence-electron chi connectivity index (χ2n) is 5.60. The zero-order valence-corrected chi connectivity index (χ0v) is 15.8. The quantitative estimate of drug-likeness (QED) is 0.492. The summed E-state index contributed by atoms with van der Waals surface area (Å²) in [6.45, 7) is 3.02. The zero-order chi connectivity index (χ0) is 17.8. The van der Waals surface area contributed by atoms with Crippen LogP contribution in [0.2, 0.25) is 0 Å². The summed E-state index contributed by atoms with van der Waals surface area (Å²) in [4.78, 5) is 31.1. The van der Waals surface area contributed by atoms with Gasteiger partial charge in [-0.3, -0.25) is 14.2 Å². The van der Waals surface area contributed by atoms with Crippen molar-refractivity contribution < 1.29 is 4.79 Å². The van der Waals surface area contributed by atoms with Crippen LogP contribution in [0.1, 0.15) is 12.5 Å². The van der Waals surface area contributed by atoms with E-state index in [9.17, 15) is 9.59 Å². The maximum Gasteiger partial charge on any atom is 0.272 e. The summed E-state index contributed by atoms with van der Waals surface area (Å²) >= 11 is 2.72. The molecule has 7 heteroatoms. The molecule has 0 fully saturated rings. The van der Waals surface area contributed by atoms with Crippen molar-refractivity contribution in [3.8, 4) is 0 Å². The molecule has 0 aliphatic rings. The molecule has 0 aliphatic carbocycles. The molecule has 0 atom stereocenters. The predicted octanol–water partition coefficient (Wildman–Crippen LogP) is 3.23. The Balaban J connectivity index is 1.71. The van der Waals surface area contributed by atoms with Crippen molar-refractivity contribution in [2.75, 3.05) is 12.8 Å². The van der Waals surface area contributed by atoms with Crippen molar-refractivity contribution in [3.63, 3.8) is 0 Å². The Labute approximate surface area is 154 Å². The fraction of sp³-hybridized carbons (Fsp3) is 0.278. The molecule has 0 N–H and O–H groups in total. The summed E-state index contributed by atoms with van der Waals surface area (Å²) in [6.07, 6.45) is 0. The van der Waals surface area contributed by atoms with E-state index in [0.29, 0.717) is 28.5 Å². The molecule has 0 saturated heterocycles. The second-order valence-corrected chi connectivity index (χ2v) is 7.46. The highest BCUT2D eigenvalue weighted by Crippen LogP contribution is 2.21. The molecule has 2 heterocycles. The smallest absolute Gasteiger partial charge is 0.272 e. The van der Waals surface area contributed by atoms with Gasteiger partial charge in [-0.2, -0.15) is 0 Å². The third-order valence-corrected chi connectivity index (χ3v) is 5.71. The lowest BCUT2D eigenvalue weighted by Gasteiger charge is -2.17. The number of rotatable bonds is 6. The van der Waals surface area contributed by atoms with Crippen molar-refractivity contribution in [3.05, 3.63) is 57.7 Å². The monoisotopic (exact) mass is 373 g/mol. The summed E-state index contributed by atoms with van der Waals surface area (Å²) in [5, 5.41) is 2.46. The van der Waals surface area contributed by atoms with Gasteiger partial charge in [-0.1, -0.05) is 42.1 Å². The molecular formula is C18H19N3O2S2. The summed E-state index contributed by atoms with van der Waals surface area (Å²) in [5.74, 6) is 0.266. The highest BCUT2D eigenvalue weighted by Gasteiger charge is 2.15. The van der Waals surface area contributed by atoms with Gasteiger partial charge in [0, 0.05) is 20.1 Å². The number of benzene rings is 1. The van der Waals surface area contributed by atoms with Gasteiger partial charge in [0.1, 0.15) is 4.70 Å². The van der Waals surface area contributed by atoms with Crippen LogP contribution in [0.4, 0.5) is 0 Å². The van der Waals surface area contributed by atoms with Gasteiger partial charge < -0.3 is 4.90 Å². The Kier molecular flexibility index (Phi) is 5.55. The first-order chi connectivity index (χ1) is 12.1.